The highest BCUT2D eigenvalue weighted by Gasteiger charge is 2.33. The lowest BCUT2D eigenvalue weighted by Crippen LogP contribution is -2.43. The molecule has 0 amide bonds. The van der Waals surface area contributed by atoms with Gasteiger partial charge in [-0.25, -0.2) is 0 Å². The molecule has 2 aliphatic rings. The topological polar surface area (TPSA) is 30.5 Å². The van der Waals surface area contributed by atoms with E-state index in [9.17, 15) is 0 Å². The Kier molecular flexibility index (Phi) is 3.04. The molecule has 1 aromatic rings. The molecule has 3 nitrogen and oxygen atoms in total. The predicted molar refractivity (Wildman–Crippen MR) is 66.2 cm³/mol. The van der Waals surface area contributed by atoms with Gasteiger partial charge in [0, 0.05) is 5.56 Å². The molecule has 1 N–H and O–H groups in total. The highest BCUT2D eigenvalue weighted by atomic mass is 16.5. The minimum Gasteiger partial charge on any atom is -0.490 e. The van der Waals surface area contributed by atoms with Crippen molar-refractivity contribution in [2.24, 2.45) is 0 Å². The van der Waals surface area contributed by atoms with Gasteiger partial charge in [0.2, 0.25) is 0 Å². The van der Waals surface area contributed by atoms with Crippen LogP contribution in [0.25, 0.3) is 0 Å². The van der Waals surface area contributed by atoms with Gasteiger partial charge in [-0.2, -0.15) is 0 Å². The number of para-hydroxylation sites is 1. The summed E-state index contributed by atoms with van der Waals surface area (Å²) in [4.78, 5) is 0. The summed E-state index contributed by atoms with van der Waals surface area (Å²) >= 11 is 0. The van der Waals surface area contributed by atoms with Gasteiger partial charge in [-0.05, 0) is 32.4 Å². The molecule has 1 heterocycles. The Labute approximate surface area is 102 Å². The van der Waals surface area contributed by atoms with Crippen molar-refractivity contribution in [3.05, 3.63) is 29.8 Å². The van der Waals surface area contributed by atoms with Gasteiger partial charge in [-0.3, -0.25) is 0 Å². The van der Waals surface area contributed by atoms with Crippen LogP contribution in [0, 0.1) is 0 Å². The summed E-state index contributed by atoms with van der Waals surface area (Å²) in [5, 5.41) is 3.36. The molecule has 1 aliphatic heterocycles. The first-order valence-electron chi connectivity index (χ1n) is 6.43. The second-order valence-electron chi connectivity index (χ2n) is 4.84. The number of nitrogens with one attached hydrogen (secondary N) is 1. The third-order valence-electron chi connectivity index (χ3n) is 3.76. The number of benzene rings is 1. The number of fused-ring (bicyclic) bond motifs is 1. The molecule has 3 heteroatoms. The molecule has 3 rings (SSSR count). The fourth-order valence-electron chi connectivity index (χ4n) is 2.55. The van der Waals surface area contributed by atoms with Crippen molar-refractivity contribution < 1.29 is 9.47 Å². The van der Waals surface area contributed by atoms with Crippen molar-refractivity contribution in [2.45, 2.75) is 37.5 Å². The van der Waals surface area contributed by atoms with Crippen molar-refractivity contribution in [1.82, 2.24) is 5.32 Å². The highest BCUT2D eigenvalue weighted by molar-refractivity contribution is 5.38. The molecule has 2 unspecified atom stereocenters. The van der Waals surface area contributed by atoms with E-state index < -0.39 is 0 Å². The Morgan fingerprint density at radius 3 is 2.82 bits per heavy atom. The van der Waals surface area contributed by atoms with Crippen molar-refractivity contribution in [3.63, 3.8) is 0 Å². The molecule has 0 saturated heterocycles. The Morgan fingerprint density at radius 2 is 2.12 bits per heavy atom. The lowest BCUT2D eigenvalue weighted by atomic mass is 9.94. The van der Waals surface area contributed by atoms with Crippen LogP contribution in [0.1, 0.15) is 30.9 Å². The van der Waals surface area contributed by atoms with Crippen LogP contribution < -0.4 is 10.1 Å². The Balaban J connectivity index is 1.78. The van der Waals surface area contributed by atoms with Gasteiger partial charge in [0.05, 0.1) is 12.1 Å². The van der Waals surface area contributed by atoms with Crippen LogP contribution >= 0.6 is 0 Å². The zero-order valence-electron chi connectivity index (χ0n) is 10.2. The number of likely N-dealkylation sites (N-methyl/N-ethyl adjacent to an activating group) is 1. The van der Waals surface area contributed by atoms with E-state index in [0.29, 0.717) is 12.7 Å². The summed E-state index contributed by atoms with van der Waals surface area (Å²) in [7, 11) is 1.99. The maximum atomic E-state index is 6.10. The monoisotopic (exact) mass is 233 g/mol. The molecular formula is C14H19NO2. The van der Waals surface area contributed by atoms with E-state index in [1.807, 2.05) is 19.2 Å². The fraction of sp³-hybridized carbons (Fsp3) is 0.571. The standard InChI is InChI=1S/C14H19NO2/c1-15-14-11-7-2-3-8-12(11)16-9-13(14)17-10-5-4-6-10/h2-3,7-8,10,13-15H,4-6,9H2,1H3. The van der Waals surface area contributed by atoms with E-state index in [2.05, 4.69) is 17.4 Å². The van der Waals surface area contributed by atoms with Crippen LogP contribution in [0.5, 0.6) is 5.75 Å². The molecule has 2 atom stereocenters. The minimum absolute atomic E-state index is 0.139. The second kappa shape index (κ2) is 4.67. The molecule has 0 bridgehead atoms. The summed E-state index contributed by atoms with van der Waals surface area (Å²) in [5.74, 6) is 0.986. The minimum atomic E-state index is 0.139. The number of hydrogen-bond acceptors (Lipinski definition) is 3. The lowest BCUT2D eigenvalue weighted by Gasteiger charge is -2.37. The van der Waals surface area contributed by atoms with Crippen LogP contribution in [-0.2, 0) is 4.74 Å². The third kappa shape index (κ3) is 2.05. The van der Waals surface area contributed by atoms with Crippen LogP contribution in [0.15, 0.2) is 24.3 Å². The summed E-state index contributed by atoms with van der Waals surface area (Å²) in [6, 6.07) is 8.46. The van der Waals surface area contributed by atoms with Crippen LogP contribution in [0.4, 0.5) is 0 Å². The van der Waals surface area contributed by atoms with Gasteiger partial charge in [0.25, 0.3) is 0 Å². The summed E-state index contributed by atoms with van der Waals surface area (Å²) in [5.41, 5.74) is 1.21. The van der Waals surface area contributed by atoms with Crippen molar-refractivity contribution in [2.75, 3.05) is 13.7 Å². The number of rotatable bonds is 3. The molecule has 1 aliphatic carbocycles. The predicted octanol–water partition coefficient (Wildman–Crippen LogP) is 2.28. The maximum Gasteiger partial charge on any atom is 0.124 e. The largest absolute Gasteiger partial charge is 0.490 e. The molecule has 1 saturated carbocycles. The van der Waals surface area contributed by atoms with E-state index in [4.69, 9.17) is 9.47 Å². The van der Waals surface area contributed by atoms with Gasteiger partial charge >= 0.3 is 0 Å². The molecule has 1 aromatic carbocycles. The highest BCUT2D eigenvalue weighted by Crippen LogP contribution is 2.35. The Bertz CT molecular complexity index is 390. The van der Waals surface area contributed by atoms with E-state index >= 15 is 0 Å². The Hall–Kier alpha value is -1.06. The fourth-order valence-corrected chi connectivity index (χ4v) is 2.55. The average Bonchev–Trinajstić information content (AvgIpc) is 2.33. The second-order valence-corrected chi connectivity index (χ2v) is 4.84. The SMILES string of the molecule is CNC1c2ccccc2OCC1OC1CCC1. The van der Waals surface area contributed by atoms with E-state index in [0.717, 1.165) is 5.75 Å². The lowest BCUT2D eigenvalue weighted by molar-refractivity contribution is -0.0881. The first-order chi connectivity index (χ1) is 8.38. The van der Waals surface area contributed by atoms with Crippen molar-refractivity contribution in [1.29, 1.82) is 0 Å². The molecule has 92 valence electrons. The van der Waals surface area contributed by atoms with Crippen molar-refractivity contribution >= 4 is 0 Å². The molecule has 0 spiro atoms. The van der Waals surface area contributed by atoms with E-state index in [1.54, 1.807) is 0 Å². The zero-order valence-corrected chi connectivity index (χ0v) is 10.2. The summed E-state index contributed by atoms with van der Waals surface area (Å²) < 4.78 is 11.9. The van der Waals surface area contributed by atoms with Crippen LogP contribution in [0.2, 0.25) is 0 Å². The summed E-state index contributed by atoms with van der Waals surface area (Å²) in [6.45, 7) is 0.652. The van der Waals surface area contributed by atoms with Gasteiger partial charge in [0.15, 0.2) is 0 Å². The average molecular weight is 233 g/mol. The molecule has 0 aromatic heterocycles. The van der Waals surface area contributed by atoms with Crippen LogP contribution in [-0.4, -0.2) is 25.9 Å². The Morgan fingerprint density at radius 1 is 1.29 bits per heavy atom. The zero-order chi connectivity index (χ0) is 11.7. The quantitative estimate of drug-likeness (QED) is 0.868. The van der Waals surface area contributed by atoms with E-state index in [1.165, 1.54) is 24.8 Å². The third-order valence-corrected chi connectivity index (χ3v) is 3.76. The molecular weight excluding hydrogens is 214 g/mol. The van der Waals surface area contributed by atoms with Crippen LogP contribution in [0.3, 0.4) is 0 Å². The van der Waals surface area contributed by atoms with E-state index in [-0.39, 0.29) is 12.1 Å². The molecule has 0 radical (unpaired) electrons. The summed E-state index contributed by atoms with van der Waals surface area (Å²) in [6.07, 6.45) is 4.30. The first-order valence-corrected chi connectivity index (χ1v) is 6.43. The number of ether oxygens (including phenoxy) is 2. The van der Waals surface area contributed by atoms with Crippen molar-refractivity contribution in [3.8, 4) is 5.75 Å². The smallest absolute Gasteiger partial charge is 0.124 e. The number of hydrogen-bond donors (Lipinski definition) is 1. The van der Waals surface area contributed by atoms with Gasteiger partial charge in [-0.15, -0.1) is 0 Å². The van der Waals surface area contributed by atoms with Gasteiger partial charge in [-0.1, -0.05) is 18.2 Å². The normalized spacial score (nSPS) is 28.1. The van der Waals surface area contributed by atoms with Gasteiger partial charge in [0.1, 0.15) is 18.5 Å². The first kappa shape index (κ1) is 11.1. The van der Waals surface area contributed by atoms with Gasteiger partial charge < -0.3 is 14.8 Å². The molecule has 1 fully saturated rings. The maximum absolute atomic E-state index is 6.10. The molecule has 17 heavy (non-hydrogen) atoms.